The van der Waals surface area contributed by atoms with Crippen molar-refractivity contribution in [2.45, 2.75) is 32.8 Å². The van der Waals surface area contributed by atoms with Gasteiger partial charge in [-0.05, 0) is 20.8 Å². The molecule has 0 saturated carbocycles. The largest absolute Gasteiger partial charge is 0.481 e. The third-order valence-corrected chi connectivity index (χ3v) is 4.69. The number of carbonyl (C=O) groups is 2. The van der Waals surface area contributed by atoms with Crippen LogP contribution in [0.1, 0.15) is 27.2 Å². The molecule has 110 valence electrons. The van der Waals surface area contributed by atoms with Crippen LogP contribution in [0.15, 0.2) is 0 Å². The Hall–Kier alpha value is -1.31. The molecule has 1 heterocycles. The molecule has 0 aromatic heterocycles. The van der Waals surface area contributed by atoms with Crippen molar-refractivity contribution in [1.82, 2.24) is 5.32 Å². The predicted molar refractivity (Wildman–Crippen MR) is 67.6 cm³/mol. The summed E-state index contributed by atoms with van der Waals surface area (Å²) in [4.78, 5) is 22.2. The summed E-state index contributed by atoms with van der Waals surface area (Å²) < 4.78 is 27.5. The Morgan fingerprint density at radius 3 is 2.21 bits per heavy atom. The third-order valence-electron chi connectivity index (χ3n) is 2.59. The second kappa shape index (κ2) is 4.99. The summed E-state index contributed by atoms with van der Waals surface area (Å²) in [5.74, 6) is -1.52. The van der Waals surface area contributed by atoms with Crippen LogP contribution in [0.4, 0.5) is 4.79 Å². The lowest BCUT2D eigenvalue weighted by atomic mass is 9.88. The van der Waals surface area contributed by atoms with Gasteiger partial charge >= 0.3 is 12.1 Å². The number of nitrogens with one attached hydrogen (secondary N) is 1. The second-order valence-electron chi connectivity index (χ2n) is 5.96. The van der Waals surface area contributed by atoms with E-state index >= 15 is 0 Å². The molecule has 1 aliphatic rings. The summed E-state index contributed by atoms with van der Waals surface area (Å²) >= 11 is 0. The van der Waals surface area contributed by atoms with Crippen LogP contribution >= 0.6 is 0 Å². The predicted octanol–water partition coefficient (Wildman–Crippen LogP) is 0.401. The summed E-state index contributed by atoms with van der Waals surface area (Å²) in [6.07, 6.45) is -0.969. The SMILES string of the molecule is CC(C)(C)OC(=O)NCC1(CC(=O)O)CS(=O)(=O)C1. The van der Waals surface area contributed by atoms with Gasteiger partial charge in [-0.15, -0.1) is 0 Å². The van der Waals surface area contributed by atoms with Gasteiger partial charge in [0.25, 0.3) is 0 Å². The molecule has 0 spiro atoms. The van der Waals surface area contributed by atoms with Gasteiger partial charge in [0.2, 0.25) is 0 Å². The van der Waals surface area contributed by atoms with Gasteiger partial charge in [0.1, 0.15) is 5.60 Å². The molecule has 0 aliphatic carbocycles. The molecular formula is C11H19NO6S. The van der Waals surface area contributed by atoms with Crippen molar-refractivity contribution in [2.75, 3.05) is 18.1 Å². The van der Waals surface area contributed by atoms with Crippen molar-refractivity contribution in [3.8, 4) is 0 Å². The lowest BCUT2D eigenvalue weighted by molar-refractivity contribution is -0.139. The summed E-state index contributed by atoms with van der Waals surface area (Å²) in [6, 6.07) is 0. The third kappa shape index (κ3) is 5.06. The van der Waals surface area contributed by atoms with E-state index in [2.05, 4.69) is 5.32 Å². The maximum absolute atomic E-state index is 11.5. The van der Waals surface area contributed by atoms with E-state index in [4.69, 9.17) is 9.84 Å². The average Bonchev–Trinajstić information content (AvgIpc) is 2.07. The highest BCUT2D eigenvalue weighted by Gasteiger charge is 2.50. The number of ether oxygens (including phenoxy) is 1. The Morgan fingerprint density at radius 1 is 1.32 bits per heavy atom. The number of hydrogen-bond acceptors (Lipinski definition) is 5. The molecule has 0 bridgehead atoms. The van der Waals surface area contributed by atoms with E-state index in [1.807, 2.05) is 0 Å². The Morgan fingerprint density at radius 2 is 1.84 bits per heavy atom. The standard InChI is InChI=1S/C11H19NO6S/c1-10(2,3)18-9(15)12-5-11(4-8(13)14)6-19(16,17)7-11/h4-7H2,1-3H3,(H,12,15)(H,13,14). The van der Waals surface area contributed by atoms with Crippen LogP contribution in [-0.4, -0.2) is 49.2 Å². The molecule has 1 fully saturated rings. The smallest absolute Gasteiger partial charge is 0.407 e. The van der Waals surface area contributed by atoms with Crippen molar-refractivity contribution in [3.63, 3.8) is 0 Å². The quantitative estimate of drug-likeness (QED) is 0.776. The Labute approximate surface area is 112 Å². The van der Waals surface area contributed by atoms with Gasteiger partial charge < -0.3 is 15.2 Å². The van der Waals surface area contributed by atoms with E-state index in [9.17, 15) is 18.0 Å². The van der Waals surface area contributed by atoms with Gasteiger partial charge in [0, 0.05) is 12.0 Å². The molecule has 1 saturated heterocycles. The highest BCUT2D eigenvalue weighted by molar-refractivity contribution is 7.92. The molecule has 1 rings (SSSR count). The van der Waals surface area contributed by atoms with Crippen LogP contribution < -0.4 is 5.32 Å². The van der Waals surface area contributed by atoms with Crippen LogP contribution in [0.2, 0.25) is 0 Å². The first-order valence-corrected chi connectivity index (χ1v) is 7.64. The van der Waals surface area contributed by atoms with E-state index < -0.39 is 32.9 Å². The summed E-state index contributed by atoms with van der Waals surface area (Å²) in [5.41, 5.74) is -1.57. The fourth-order valence-corrected chi connectivity index (χ4v) is 4.24. The van der Waals surface area contributed by atoms with Gasteiger partial charge in [0.15, 0.2) is 9.84 Å². The first-order chi connectivity index (χ1) is 8.43. The number of alkyl carbamates (subject to hydrolysis) is 1. The molecule has 19 heavy (non-hydrogen) atoms. The van der Waals surface area contributed by atoms with Crippen molar-refractivity contribution < 1.29 is 27.9 Å². The number of carboxylic acids is 1. The van der Waals surface area contributed by atoms with E-state index in [0.29, 0.717) is 0 Å². The topological polar surface area (TPSA) is 110 Å². The van der Waals surface area contributed by atoms with Gasteiger partial charge in [-0.3, -0.25) is 4.79 Å². The molecule has 1 amide bonds. The summed E-state index contributed by atoms with van der Waals surface area (Å²) in [5, 5.41) is 11.2. The number of aliphatic carboxylic acids is 1. The molecule has 0 radical (unpaired) electrons. The van der Waals surface area contributed by atoms with Crippen molar-refractivity contribution in [2.24, 2.45) is 5.41 Å². The fourth-order valence-electron chi connectivity index (χ4n) is 2.05. The van der Waals surface area contributed by atoms with Crippen molar-refractivity contribution in [1.29, 1.82) is 0 Å². The van der Waals surface area contributed by atoms with Gasteiger partial charge in [-0.25, -0.2) is 13.2 Å². The number of rotatable bonds is 4. The molecule has 0 atom stereocenters. The van der Waals surface area contributed by atoms with E-state index in [0.717, 1.165) is 0 Å². The molecule has 0 unspecified atom stereocenters. The molecule has 0 aromatic carbocycles. The highest BCUT2D eigenvalue weighted by Crippen LogP contribution is 2.35. The fraction of sp³-hybridized carbons (Fsp3) is 0.818. The number of sulfone groups is 1. The first kappa shape index (κ1) is 15.7. The van der Waals surface area contributed by atoms with Crippen molar-refractivity contribution in [3.05, 3.63) is 0 Å². The number of carboxylic acid groups (broad SMARTS) is 1. The molecular weight excluding hydrogens is 274 g/mol. The van der Waals surface area contributed by atoms with Crippen molar-refractivity contribution >= 4 is 21.9 Å². The molecule has 8 heteroatoms. The molecule has 0 aromatic rings. The van der Waals surface area contributed by atoms with Crippen LogP contribution in [0.25, 0.3) is 0 Å². The summed E-state index contributed by atoms with van der Waals surface area (Å²) in [7, 11) is -3.17. The second-order valence-corrected chi connectivity index (χ2v) is 8.02. The van der Waals surface area contributed by atoms with Gasteiger partial charge in [-0.2, -0.15) is 0 Å². The Balaban J connectivity index is 2.57. The number of carbonyl (C=O) groups excluding carboxylic acids is 1. The number of amides is 1. The zero-order valence-corrected chi connectivity index (χ0v) is 12.0. The zero-order chi connectivity index (χ0) is 14.9. The lowest BCUT2D eigenvalue weighted by Gasteiger charge is -2.39. The van der Waals surface area contributed by atoms with E-state index in [1.165, 1.54) is 0 Å². The molecule has 1 aliphatic heterocycles. The average molecular weight is 293 g/mol. The van der Waals surface area contributed by atoms with Gasteiger partial charge in [-0.1, -0.05) is 0 Å². The van der Waals surface area contributed by atoms with E-state index in [-0.39, 0.29) is 24.5 Å². The van der Waals surface area contributed by atoms with Crippen LogP contribution in [0.3, 0.4) is 0 Å². The minimum absolute atomic E-state index is 0.0204. The van der Waals surface area contributed by atoms with Crippen LogP contribution in [0.5, 0.6) is 0 Å². The molecule has 2 N–H and O–H groups in total. The molecule has 7 nitrogen and oxygen atoms in total. The van der Waals surface area contributed by atoms with Crippen LogP contribution in [-0.2, 0) is 19.4 Å². The van der Waals surface area contributed by atoms with Gasteiger partial charge in [0.05, 0.1) is 17.9 Å². The highest BCUT2D eigenvalue weighted by atomic mass is 32.2. The minimum atomic E-state index is -3.17. The maximum atomic E-state index is 11.5. The number of hydrogen-bond donors (Lipinski definition) is 2. The normalized spacial score (nSPS) is 20.2. The zero-order valence-electron chi connectivity index (χ0n) is 11.2. The lowest BCUT2D eigenvalue weighted by Crippen LogP contribution is -2.56. The monoisotopic (exact) mass is 293 g/mol. The van der Waals surface area contributed by atoms with E-state index in [1.54, 1.807) is 20.8 Å². The summed E-state index contributed by atoms with van der Waals surface area (Å²) in [6.45, 7) is 5.08. The first-order valence-electron chi connectivity index (χ1n) is 5.82. The maximum Gasteiger partial charge on any atom is 0.407 e. The Kier molecular flexibility index (Phi) is 4.14. The van der Waals surface area contributed by atoms with Crippen LogP contribution in [0, 0.1) is 5.41 Å². The Bertz CT molecular complexity index is 464. The minimum Gasteiger partial charge on any atom is -0.481 e.